The van der Waals surface area contributed by atoms with E-state index in [2.05, 4.69) is 21.2 Å². The highest BCUT2D eigenvalue weighted by atomic mass is 79.9. The molecule has 104 valence electrons. The quantitative estimate of drug-likeness (QED) is 0.481. The number of benzene rings is 1. The van der Waals surface area contributed by atoms with Gasteiger partial charge in [0.05, 0.1) is 22.6 Å². The lowest BCUT2D eigenvalue weighted by Gasteiger charge is -2.28. The zero-order chi connectivity index (χ0) is 14.6. The van der Waals surface area contributed by atoms with E-state index in [4.69, 9.17) is 11.6 Å². The molecule has 6 nitrogen and oxygen atoms in total. The van der Waals surface area contributed by atoms with Crippen molar-refractivity contribution < 1.29 is 14.8 Å². The molecule has 19 heavy (non-hydrogen) atoms. The Bertz CT molecular complexity index is 511. The van der Waals surface area contributed by atoms with E-state index in [-0.39, 0.29) is 17.1 Å². The molecule has 0 heterocycles. The highest BCUT2D eigenvalue weighted by Crippen LogP contribution is 2.32. The predicted octanol–water partition coefficient (Wildman–Crippen LogP) is 1.92. The fourth-order valence-corrected chi connectivity index (χ4v) is 2.07. The molecule has 0 bridgehead atoms. The van der Waals surface area contributed by atoms with Crippen molar-refractivity contribution in [1.82, 2.24) is 5.32 Å². The van der Waals surface area contributed by atoms with Crippen LogP contribution in [0.5, 0.6) is 0 Å². The van der Waals surface area contributed by atoms with Gasteiger partial charge in [0.2, 0.25) is 5.91 Å². The molecule has 2 N–H and O–H groups in total. The minimum Gasteiger partial charge on any atom is -0.394 e. The van der Waals surface area contributed by atoms with Gasteiger partial charge in [-0.25, -0.2) is 0 Å². The number of hydrogen-bond acceptors (Lipinski definition) is 4. The maximum absolute atomic E-state index is 11.4. The van der Waals surface area contributed by atoms with E-state index >= 15 is 0 Å². The number of nitro benzene ring substituents is 1. The van der Waals surface area contributed by atoms with Crippen LogP contribution in [-0.4, -0.2) is 28.4 Å². The Kier molecular flexibility index (Phi) is 5.28. The summed E-state index contributed by atoms with van der Waals surface area (Å²) in [5.41, 5.74) is -1.26. The van der Waals surface area contributed by atoms with E-state index in [1.54, 1.807) is 0 Å². The van der Waals surface area contributed by atoms with Crippen molar-refractivity contribution in [2.75, 3.05) is 12.5 Å². The second-order valence-electron chi connectivity index (χ2n) is 4.09. The summed E-state index contributed by atoms with van der Waals surface area (Å²) in [5.74, 6) is -0.815. The molecule has 0 aliphatic rings. The minimum absolute atomic E-state index is 0.186. The molecular weight excluding hydrogens is 339 g/mol. The Labute approximate surface area is 123 Å². The zero-order valence-corrected chi connectivity index (χ0v) is 12.4. The van der Waals surface area contributed by atoms with Gasteiger partial charge in [0.25, 0.3) is 5.69 Å². The molecule has 1 unspecified atom stereocenters. The van der Waals surface area contributed by atoms with Gasteiger partial charge in [-0.1, -0.05) is 15.9 Å². The number of hydrogen-bond donors (Lipinski definition) is 2. The molecule has 1 rings (SSSR count). The molecular formula is C11H12BrClN2O4. The normalized spacial score (nSPS) is 13.7. The van der Waals surface area contributed by atoms with Crippen LogP contribution in [0.25, 0.3) is 0 Å². The largest absolute Gasteiger partial charge is 0.394 e. The molecule has 1 amide bonds. The first-order chi connectivity index (χ1) is 8.84. The zero-order valence-electron chi connectivity index (χ0n) is 10.0. The second-order valence-corrected chi connectivity index (χ2v) is 5.27. The third-order valence-electron chi connectivity index (χ3n) is 2.60. The molecule has 0 spiro atoms. The van der Waals surface area contributed by atoms with Gasteiger partial charge in [-0.3, -0.25) is 14.9 Å². The van der Waals surface area contributed by atoms with Gasteiger partial charge in [-0.05, 0) is 19.1 Å². The number of nitrogens with zero attached hydrogens (tertiary/aromatic N) is 1. The first-order valence-electron chi connectivity index (χ1n) is 5.26. The van der Waals surface area contributed by atoms with Gasteiger partial charge in [-0.2, -0.15) is 0 Å². The molecule has 0 aromatic heterocycles. The smallest absolute Gasteiger partial charge is 0.275 e. The van der Waals surface area contributed by atoms with Gasteiger partial charge >= 0.3 is 0 Å². The fraction of sp³-hybridized carbons (Fsp3) is 0.364. The average molecular weight is 352 g/mol. The number of alkyl halides is 1. The number of carbonyl (C=O) groups is 1. The van der Waals surface area contributed by atoms with Crippen molar-refractivity contribution in [2.45, 2.75) is 12.5 Å². The number of rotatable bonds is 5. The van der Waals surface area contributed by atoms with Crippen LogP contribution in [0.2, 0.25) is 0 Å². The van der Waals surface area contributed by atoms with Gasteiger partial charge in [-0.15, -0.1) is 11.6 Å². The maximum Gasteiger partial charge on any atom is 0.275 e. The molecule has 0 radical (unpaired) electrons. The van der Waals surface area contributed by atoms with Gasteiger partial charge in [0.15, 0.2) is 0 Å². The van der Waals surface area contributed by atoms with Crippen molar-refractivity contribution in [3.05, 3.63) is 38.3 Å². The topological polar surface area (TPSA) is 92.5 Å². The Morgan fingerprint density at radius 2 is 2.26 bits per heavy atom. The van der Waals surface area contributed by atoms with Crippen molar-refractivity contribution in [2.24, 2.45) is 0 Å². The van der Waals surface area contributed by atoms with Crippen molar-refractivity contribution in [1.29, 1.82) is 0 Å². The Morgan fingerprint density at radius 3 is 2.74 bits per heavy atom. The first kappa shape index (κ1) is 15.9. The monoisotopic (exact) mass is 350 g/mol. The van der Waals surface area contributed by atoms with Crippen LogP contribution in [0.4, 0.5) is 5.69 Å². The SMILES string of the molecule is CC(CO)(NC(=O)CCl)c1cc(Br)ccc1[N+](=O)[O-]. The van der Waals surface area contributed by atoms with Gasteiger partial charge in [0.1, 0.15) is 5.88 Å². The third kappa shape index (κ3) is 3.65. The Morgan fingerprint density at radius 1 is 1.63 bits per heavy atom. The van der Waals surface area contributed by atoms with Crippen molar-refractivity contribution >= 4 is 39.1 Å². The number of aliphatic hydroxyl groups excluding tert-OH is 1. The molecule has 8 heteroatoms. The Balaban J connectivity index is 3.34. The lowest BCUT2D eigenvalue weighted by molar-refractivity contribution is -0.386. The van der Waals surface area contributed by atoms with Crippen LogP contribution in [0.1, 0.15) is 12.5 Å². The predicted molar refractivity (Wildman–Crippen MR) is 74.1 cm³/mol. The van der Waals surface area contributed by atoms with Gasteiger partial charge < -0.3 is 10.4 Å². The summed E-state index contributed by atoms with van der Waals surface area (Å²) in [6.45, 7) is 0.999. The van der Waals surface area contributed by atoms with E-state index in [1.807, 2.05) is 0 Å². The standard InChI is InChI=1S/C11H12BrClN2O4/c1-11(6-16,14-10(17)5-13)8-4-7(12)2-3-9(8)15(18)19/h2-4,16H,5-6H2,1H3,(H,14,17). The lowest BCUT2D eigenvalue weighted by Crippen LogP contribution is -2.47. The van der Waals surface area contributed by atoms with Crippen molar-refractivity contribution in [3.8, 4) is 0 Å². The van der Waals surface area contributed by atoms with Crippen LogP contribution in [0.15, 0.2) is 22.7 Å². The van der Waals surface area contributed by atoms with Crippen LogP contribution >= 0.6 is 27.5 Å². The van der Waals surface area contributed by atoms with Gasteiger partial charge in [0, 0.05) is 10.5 Å². The number of halogens is 2. The minimum atomic E-state index is -1.28. The van der Waals surface area contributed by atoms with E-state index in [0.717, 1.165) is 0 Å². The number of nitrogens with one attached hydrogen (secondary N) is 1. The Hall–Kier alpha value is -1.18. The number of aliphatic hydroxyl groups is 1. The van der Waals surface area contributed by atoms with E-state index < -0.39 is 23.0 Å². The van der Waals surface area contributed by atoms with E-state index in [0.29, 0.717) is 4.47 Å². The average Bonchev–Trinajstić information content (AvgIpc) is 2.37. The molecule has 1 atom stereocenters. The molecule has 0 aliphatic heterocycles. The maximum atomic E-state index is 11.4. The molecule has 1 aromatic carbocycles. The third-order valence-corrected chi connectivity index (χ3v) is 3.34. The van der Waals surface area contributed by atoms with Crippen LogP contribution in [0, 0.1) is 10.1 Å². The number of carbonyl (C=O) groups excluding carboxylic acids is 1. The summed E-state index contributed by atoms with van der Waals surface area (Å²) in [6.07, 6.45) is 0. The van der Waals surface area contributed by atoms with Crippen LogP contribution in [-0.2, 0) is 10.3 Å². The summed E-state index contributed by atoms with van der Waals surface area (Å²) in [6, 6.07) is 4.31. The van der Waals surface area contributed by atoms with Crippen LogP contribution < -0.4 is 5.32 Å². The number of amides is 1. The highest BCUT2D eigenvalue weighted by Gasteiger charge is 2.34. The summed E-state index contributed by atoms with van der Waals surface area (Å²) >= 11 is 8.61. The molecule has 1 aromatic rings. The van der Waals surface area contributed by atoms with E-state index in [1.165, 1.54) is 25.1 Å². The molecule has 0 aliphatic carbocycles. The molecule has 0 saturated heterocycles. The fourth-order valence-electron chi connectivity index (χ4n) is 1.64. The number of nitro groups is 1. The summed E-state index contributed by atoms with van der Waals surface area (Å²) in [7, 11) is 0. The molecule has 0 fully saturated rings. The summed E-state index contributed by atoms with van der Waals surface area (Å²) < 4.78 is 0.605. The lowest BCUT2D eigenvalue weighted by atomic mass is 9.91. The first-order valence-corrected chi connectivity index (χ1v) is 6.59. The second kappa shape index (κ2) is 6.31. The van der Waals surface area contributed by atoms with Crippen LogP contribution in [0.3, 0.4) is 0 Å². The molecule has 0 saturated carbocycles. The highest BCUT2D eigenvalue weighted by molar-refractivity contribution is 9.10. The van der Waals surface area contributed by atoms with E-state index in [9.17, 15) is 20.0 Å². The van der Waals surface area contributed by atoms with Crippen molar-refractivity contribution in [3.63, 3.8) is 0 Å². The summed E-state index contributed by atoms with van der Waals surface area (Å²) in [5, 5.41) is 23.0. The summed E-state index contributed by atoms with van der Waals surface area (Å²) in [4.78, 5) is 21.8.